The SMILES string of the molecule is CC[N+](C)(CC)C(COC)COCC(=O)[O-]. The van der Waals surface area contributed by atoms with Crippen LogP contribution in [0.15, 0.2) is 0 Å². The van der Waals surface area contributed by atoms with Crippen molar-refractivity contribution < 1.29 is 23.9 Å². The van der Waals surface area contributed by atoms with Gasteiger partial charge in [-0.05, 0) is 13.8 Å². The van der Waals surface area contributed by atoms with Gasteiger partial charge >= 0.3 is 0 Å². The number of carbonyl (C=O) groups excluding carboxylic acids is 1. The minimum Gasteiger partial charge on any atom is -0.548 e. The summed E-state index contributed by atoms with van der Waals surface area (Å²) in [6, 6.07) is 0.152. The van der Waals surface area contributed by atoms with E-state index in [0.717, 1.165) is 17.6 Å². The zero-order chi connectivity index (χ0) is 12.6. The third-order valence-corrected chi connectivity index (χ3v) is 3.22. The fraction of sp³-hybridized carbons (Fsp3) is 0.909. The molecule has 0 bridgehead atoms. The van der Waals surface area contributed by atoms with E-state index in [1.54, 1.807) is 7.11 Å². The predicted octanol–water partition coefficient (Wildman–Crippen LogP) is -0.746. The van der Waals surface area contributed by atoms with Gasteiger partial charge in [-0.2, -0.15) is 0 Å². The molecular weight excluding hydrogens is 210 g/mol. The molecule has 0 aromatic heterocycles. The van der Waals surface area contributed by atoms with E-state index in [0.29, 0.717) is 13.2 Å². The van der Waals surface area contributed by atoms with Gasteiger partial charge in [0, 0.05) is 7.11 Å². The number of carbonyl (C=O) groups is 1. The summed E-state index contributed by atoms with van der Waals surface area (Å²) < 4.78 is 11.1. The third kappa shape index (κ3) is 4.92. The molecule has 0 spiro atoms. The Hall–Kier alpha value is -0.650. The molecule has 1 unspecified atom stereocenters. The molecular formula is C11H23NO4. The van der Waals surface area contributed by atoms with Crippen molar-refractivity contribution in [1.82, 2.24) is 0 Å². The molecule has 0 amide bonds. The van der Waals surface area contributed by atoms with Crippen LogP contribution in [0.4, 0.5) is 0 Å². The van der Waals surface area contributed by atoms with Crippen LogP contribution in [0.1, 0.15) is 13.8 Å². The van der Waals surface area contributed by atoms with Crippen molar-refractivity contribution in [2.75, 3.05) is 47.1 Å². The van der Waals surface area contributed by atoms with Crippen LogP contribution in [-0.4, -0.2) is 63.6 Å². The normalized spacial score (nSPS) is 13.8. The zero-order valence-electron chi connectivity index (χ0n) is 10.7. The predicted molar refractivity (Wildman–Crippen MR) is 58.8 cm³/mol. The van der Waals surface area contributed by atoms with E-state index in [1.807, 2.05) is 0 Å². The molecule has 0 saturated heterocycles. The van der Waals surface area contributed by atoms with Crippen LogP contribution in [0.3, 0.4) is 0 Å². The second-order valence-corrected chi connectivity index (χ2v) is 4.11. The lowest BCUT2D eigenvalue weighted by Crippen LogP contribution is -2.56. The first-order valence-corrected chi connectivity index (χ1v) is 5.60. The van der Waals surface area contributed by atoms with Gasteiger partial charge < -0.3 is 23.9 Å². The standard InChI is InChI=1S/C11H23NO4/c1-5-12(3,6-2)10(7-15-4)8-16-9-11(13)14/h10H,5-9H2,1-4H3. The Morgan fingerprint density at radius 2 is 1.88 bits per heavy atom. The molecule has 0 aliphatic carbocycles. The van der Waals surface area contributed by atoms with E-state index in [-0.39, 0.29) is 12.6 Å². The summed E-state index contributed by atoms with van der Waals surface area (Å²) in [4.78, 5) is 10.3. The molecule has 0 radical (unpaired) electrons. The van der Waals surface area contributed by atoms with Crippen molar-refractivity contribution in [1.29, 1.82) is 0 Å². The monoisotopic (exact) mass is 233 g/mol. The number of nitrogens with zero attached hydrogens (tertiary/aromatic N) is 1. The first-order valence-electron chi connectivity index (χ1n) is 5.60. The smallest absolute Gasteiger partial charge is 0.136 e. The maximum atomic E-state index is 10.3. The number of methoxy groups -OCH3 is 1. The van der Waals surface area contributed by atoms with Gasteiger partial charge in [-0.1, -0.05) is 0 Å². The number of quaternary nitrogens is 1. The Kier molecular flexibility index (Phi) is 7.29. The number of ether oxygens (including phenoxy) is 2. The summed E-state index contributed by atoms with van der Waals surface area (Å²) >= 11 is 0. The number of hydrogen-bond acceptors (Lipinski definition) is 4. The summed E-state index contributed by atoms with van der Waals surface area (Å²) in [5.74, 6) is -1.18. The van der Waals surface area contributed by atoms with Crippen molar-refractivity contribution >= 4 is 5.97 Å². The number of aliphatic carboxylic acids is 1. The van der Waals surface area contributed by atoms with Crippen LogP contribution in [0.5, 0.6) is 0 Å². The highest BCUT2D eigenvalue weighted by atomic mass is 16.5. The van der Waals surface area contributed by atoms with E-state index in [2.05, 4.69) is 20.9 Å². The number of rotatable bonds is 9. The van der Waals surface area contributed by atoms with Gasteiger partial charge in [0.05, 0.1) is 32.7 Å². The van der Waals surface area contributed by atoms with Crippen LogP contribution in [0.2, 0.25) is 0 Å². The molecule has 0 heterocycles. The van der Waals surface area contributed by atoms with Gasteiger partial charge in [0.1, 0.15) is 19.3 Å². The topological polar surface area (TPSA) is 58.6 Å². The highest BCUT2D eigenvalue weighted by Crippen LogP contribution is 2.11. The number of carboxylic acid groups (broad SMARTS) is 1. The molecule has 0 saturated carbocycles. The van der Waals surface area contributed by atoms with Gasteiger partial charge in [-0.25, -0.2) is 0 Å². The largest absolute Gasteiger partial charge is 0.548 e. The van der Waals surface area contributed by atoms with Crippen molar-refractivity contribution in [3.05, 3.63) is 0 Å². The number of hydrogen-bond donors (Lipinski definition) is 0. The molecule has 5 heteroatoms. The highest BCUT2D eigenvalue weighted by molar-refractivity contribution is 5.65. The van der Waals surface area contributed by atoms with Gasteiger partial charge in [0.25, 0.3) is 0 Å². The number of likely N-dealkylation sites (N-methyl/N-ethyl adjacent to an activating group) is 1. The Morgan fingerprint density at radius 1 is 1.31 bits per heavy atom. The molecule has 0 fully saturated rings. The lowest BCUT2D eigenvalue weighted by Gasteiger charge is -2.39. The van der Waals surface area contributed by atoms with Crippen molar-refractivity contribution in [3.8, 4) is 0 Å². The van der Waals surface area contributed by atoms with Crippen LogP contribution in [-0.2, 0) is 14.3 Å². The number of carboxylic acids is 1. The minimum absolute atomic E-state index is 0.152. The summed E-state index contributed by atoms with van der Waals surface area (Å²) in [7, 11) is 3.76. The molecule has 96 valence electrons. The first kappa shape index (κ1) is 15.3. The van der Waals surface area contributed by atoms with E-state index in [9.17, 15) is 9.90 Å². The summed E-state index contributed by atoms with van der Waals surface area (Å²) in [5, 5.41) is 10.3. The second-order valence-electron chi connectivity index (χ2n) is 4.11. The maximum Gasteiger partial charge on any atom is 0.136 e. The molecule has 1 atom stereocenters. The quantitative estimate of drug-likeness (QED) is 0.492. The molecule has 0 aromatic carbocycles. The van der Waals surface area contributed by atoms with Crippen LogP contribution in [0.25, 0.3) is 0 Å². The van der Waals surface area contributed by atoms with E-state index >= 15 is 0 Å². The van der Waals surface area contributed by atoms with Crippen molar-refractivity contribution in [2.24, 2.45) is 0 Å². The average molecular weight is 233 g/mol. The fourth-order valence-corrected chi connectivity index (χ4v) is 1.62. The molecule has 0 aliphatic rings. The lowest BCUT2D eigenvalue weighted by atomic mass is 10.2. The summed E-state index contributed by atoms with van der Waals surface area (Å²) in [5.41, 5.74) is 0. The molecule has 16 heavy (non-hydrogen) atoms. The lowest BCUT2D eigenvalue weighted by molar-refractivity contribution is -0.931. The van der Waals surface area contributed by atoms with E-state index in [4.69, 9.17) is 9.47 Å². The Labute approximate surface area is 97.5 Å². The average Bonchev–Trinajstić information content (AvgIpc) is 2.26. The fourth-order valence-electron chi connectivity index (χ4n) is 1.62. The summed E-state index contributed by atoms with van der Waals surface area (Å²) in [6.07, 6.45) is 0. The van der Waals surface area contributed by atoms with Crippen LogP contribution in [0, 0.1) is 0 Å². The minimum atomic E-state index is -1.18. The molecule has 0 N–H and O–H groups in total. The Balaban J connectivity index is 4.29. The summed E-state index contributed by atoms with van der Waals surface area (Å²) in [6.45, 7) is 6.70. The highest BCUT2D eigenvalue weighted by Gasteiger charge is 2.29. The van der Waals surface area contributed by atoms with E-state index < -0.39 is 5.97 Å². The van der Waals surface area contributed by atoms with Crippen LogP contribution < -0.4 is 5.11 Å². The zero-order valence-corrected chi connectivity index (χ0v) is 10.7. The van der Waals surface area contributed by atoms with E-state index in [1.165, 1.54) is 0 Å². The second kappa shape index (κ2) is 7.60. The Morgan fingerprint density at radius 3 is 2.25 bits per heavy atom. The van der Waals surface area contributed by atoms with Gasteiger partial charge in [0.15, 0.2) is 0 Å². The maximum absolute atomic E-state index is 10.3. The molecule has 0 aromatic rings. The Bertz CT molecular complexity index is 204. The third-order valence-electron chi connectivity index (χ3n) is 3.22. The molecule has 0 rings (SSSR count). The first-order chi connectivity index (χ1) is 7.50. The molecule has 0 aliphatic heterocycles. The molecule has 5 nitrogen and oxygen atoms in total. The van der Waals surface area contributed by atoms with Gasteiger partial charge in [-0.15, -0.1) is 0 Å². The van der Waals surface area contributed by atoms with Crippen molar-refractivity contribution in [3.63, 3.8) is 0 Å². The van der Waals surface area contributed by atoms with Gasteiger partial charge in [0.2, 0.25) is 0 Å². The van der Waals surface area contributed by atoms with Crippen LogP contribution >= 0.6 is 0 Å². The van der Waals surface area contributed by atoms with Crippen molar-refractivity contribution in [2.45, 2.75) is 19.9 Å². The van der Waals surface area contributed by atoms with Gasteiger partial charge in [-0.3, -0.25) is 0 Å².